The molecule has 3 rings (SSSR count). The minimum absolute atomic E-state index is 0.0303. The van der Waals surface area contributed by atoms with Crippen LogP contribution < -0.4 is 10.9 Å². The number of hydrogen-bond donors (Lipinski definition) is 1. The minimum Gasteiger partial charge on any atom is -0.423 e. The highest BCUT2D eigenvalue weighted by molar-refractivity contribution is 7.99. The van der Waals surface area contributed by atoms with Crippen LogP contribution >= 0.6 is 11.8 Å². The predicted molar refractivity (Wildman–Crippen MR) is 103 cm³/mol. The van der Waals surface area contributed by atoms with Crippen molar-refractivity contribution in [3.8, 4) is 0 Å². The lowest BCUT2D eigenvalue weighted by molar-refractivity contribution is -0.113. The van der Waals surface area contributed by atoms with E-state index in [1.54, 1.807) is 0 Å². The molecule has 4 nitrogen and oxygen atoms in total. The third-order valence-electron chi connectivity index (χ3n) is 4.14. The van der Waals surface area contributed by atoms with E-state index < -0.39 is 23.2 Å². The summed E-state index contributed by atoms with van der Waals surface area (Å²) >= 11 is 1.27. The molecule has 0 fully saturated rings. The first-order valence-electron chi connectivity index (χ1n) is 8.20. The fourth-order valence-corrected chi connectivity index (χ4v) is 3.45. The van der Waals surface area contributed by atoms with E-state index in [9.17, 15) is 18.4 Å². The average molecular weight is 389 g/mol. The van der Waals surface area contributed by atoms with Gasteiger partial charge in [-0.2, -0.15) is 0 Å². The van der Waals surface area contributed by atoms with Crippen molar-refractivity contribution in [2.24, 2.45) is 0 Å². The highest BCUT2D eigenvalue weighted by Gasteiger charge is 2.11. The van der Waals surface area contributed by atoms with Gasteiger partial charge in [0.15, 0.2) is 0 Å². The van der Waals surface area contributed by atoms with Crippen molar-refractivity contribution in [1.29, 1.82) is 0 Å². The number of aryl methyl sites for hydroxylation is 2. The Bertz CT molecular complexity index is 1080. The van der Waals surface area contributed by atoms with E-state index in [0.29, 0.717) is 11.3 Å². The topological polar surface area (TPSA) is 59.3 Å². The Morgan fingerprint density at radius 2 is 1.85 bits per heavy atom. The van der Waals surface area contributed by atoms with Crippen LogP contribution in [0.5, 0.6) is 0 Å². The average Bonchev–Trinajstić information content (AvgIpc) is 2.59. The smallest absolute Gasteiger partial charge is 0.336 e. The van der Waals surface area contributed by atoms with Gasteiger partial charge in [-0.25, -0.2) is 13.6 Å². The lowest BCUT2D eigenvalue weighted by Gasteiger charge is -2.09. The number of carbonyl (C=O) groups excluding carboxylic acids is 1. The molecule has 1 N–H and O–H groups in total. The number of carbonyl (C=O) groups is 1. The highest BCUT2D eigenvalue weighted by atomic mass is 32.2. The fourth-order valence-electron chi connectivity index (χ4n) is 2.64. The van der Waals surface area contributed by atoms with E-state index in [1.165, 1.54) is 17.8 Å². The first kappa shape index (κ1) is 19.1. The molecule has 7 heteroatoms. The molecule has 1 heterocycles. The Labute approximate surface area is 158 Å². The van der Waals surface area contributed by atoms with E-state index in [1.807, 2.05) is 26.0 Å². The van der Waals surface area contributed by atoms with Crippen LogP contribution in [-0.4, -0.2) is 11.7 Å². The zero-order valence-electron chi connectivity index (χ0n) is 14.8. The van der Waals surface area contributed by atoms with Crippen LogP contribution in [0.15, 0.2) is 45.6 Å². The maximum absolute atomic E-state index is 13.6. The van der Waals surface area contributed by atoms with E-state index in [-0.39, 0.29) is 11.4 Å². The van der Waals surface area contributed by atoms with Gasteiger partial charge in [-0.05, 0) is 54.8 Å². The normalized spacial score (nSPS) is 11.0. The molecule has 0 aliphatic heterocycles. The van der Waals surface area contributed by atoms with Gasteiger partial charge in [-0.15, -0.1) is 11.8 Å². The van der Waals surface area contributed by atoms with Crippen molar-refractivity contribution in [2.45, 2.75) is 19.6 Å². The van der Waals surface area contributed by atoms with E-state index in [4.69, 9.17) is 4.42 Å². The molecular weight excluding hydrogens is 372 g/mol. The zero-order chi connectivity index (χ0) is 19.6. The molecule has 2 aromatic carbocycles. The molecule has 0 saturated carbocycles. The van der Waals surface area contributed by atoms with Crippen molar-refractivity contribution in [2.75, 3.05) is 11.1 Å². The summed E-state index contributed by atoms with van der Waals surface area (Å²) in [6, 6.07) is 8.05. The molecule has 0 unspecified atom stereocenters. The second kappa shape index (κ2) is 7.92. The standard InChI is InChI=1S/C20H17F2NO3S/c1-11-5-15-13(7-20(25)26-18(15)6-12(11)2)9-27-10-19(24)23-17-8-14(21)3-4-16(17)22/h3-8H,9-10H2,1-2H3,(H,23,24). The fraction of sp³-hybridized carbons (Fsp3) is 0.200. The number of anilines is 1. The third-order valence-corrected chi connectivity index (χ3v) is 5.12. The lowest BCUT2D eigenvalue weighted by Crippen LogP contribution is -2.15. The van der Waals surface area contributed by atoms with Gasteiger partial charge >= 0.3 is 5.63 Å². The Hall–Kier alpha value is -2.67. The summed E-state index contributed by atoms with van der Waals surface area (Å²) in [6.07, 6.45) is 0. The van der Waals surface area contributed by atoms with Crippen LogP contribution in [0.1, 0.15) is 16.7 Å². The number of hydrogen-bond acceptors (Lipinski definition) is 4. The summed E-state index contributed by atoms with van der Waals surface area (Å²) < 4.78 is 32.0. The van der Waals surface area contributed by atoms with Gasteiger partial charge in [0.25, 0.3) is 0 Å². The molecule has 27 heavy (non-hydrogen) atoms. The summed E-state index contributed by atoms with van der Waals surface area (Å²) in [5.74, 6) is -1.35. The molecular formula is C20H17F2NO3S. The molecule has 1 aromatic heterocycles. The summed E-state index contributed by atoms with van der Waals surface area (Å²) in [6.45, 7) is 3.91. The molecule has 0 atom stereocenters. The Kier molecular flexibility index (Phi) is 5.60. The highest BCUT2D eigenvalue weighted by Crippen LogP contribution is 2.25. The van der Waals surface area contributed by atoms with Crippen molar-refractivity contribution in [3.63, 3.8) is 0 Å². The number of fused-ring (bicyclic) bond motifs is 1. The van der Waals surface area contributed by atoms with Gasteiger partial charge in [0, 0.05) is 23.3 Å². The van der Waals surface area contributed by atoms with Crippen LogP contribution in [-0.2, 0) is 10.5 Å². The Morgan fingerprint density at radius 3 is 2.63 bits per heavy atom. The van der Waals surface area contributed by atoms with Gasteiger partial charge in [-0.3, -0.25) is 4.79 Å². The number of nitrogens with one attached hydrogen (secondary N) is 1. The van der Waals surface area contributed by atoms with Crippen molar-refractivity contribution in [3.05, 3.63) is 75.1 Å². The summed E-state index contributed by atoms with van der Waals surface area (Å²) in [4.78, 5) is 23.8. The van der Waals surface area contributed by atoms with Crippen molar-refractivity contribution >= 4 is 34.3 Å². The van der Waals surface area contributed by atoms with Gasteiger partial charge in [0.1, 0.15) is 17.2 Å². The van der Waals surface area contributed by atoms with Gasteiger partial charge in [0.2, 0.25) is 5.91 Å². The summed E-state index contributed by atoms with van der Waals surface area (Å²) in [5.41, 5.74) is 2.71. The van der Waals surface area contributed by atoms with Crippen LogP contribution in [0.4, 0.5) is 14.5 Å². The minimum atomic E-state index is -0.702. The molecule has 140 valence electrons. The first-order chi connectivity index (χ1) is 12.8. The van der Waals surface area contributed by atoms with Crippen molar-refractivity contribution in [1.82, 2.24) is 0 Å². The summed E-state index contributed by atoms with van der Waals surface area (Å²) in [5, 5.41) is 3.17. The third kappa shape index (κ3) is 4.54. The zero-order valence-corrected chi connectivity index (χ0v) is 15.6. The number of thioether (sulfide) groups is 1. The monoisotopic (exact) mass is 389 g/mol. The van der Waals surface area contributed by atoms with E-state index in [2.05, 4.69) is 5.32 Å². The maximum Gasteiger partial charge on any atom is 0.336 e. The van der Waals surface area contributed by atoms with Gasteiger partial charge in [0.05, 0.1) is 11.4 Å². The quantitative estimate of drug-likeness (QED) is 0.650. The van der Waals surface area contributed by atoms with E-state index >= 15 is 0 Å². The van der Waals surface area contributed by atoms with Crippen LogP contribution in [0.25, 0.3) is 11.0 Å². The summed E-state index contributed by atoms with van der Waals surface area (Å²) in [7, 11) is 0. The molecule has 0 saturated heterocycles. The first-order valence-corrected chi connectivity index (χ1v) is 9.35. The Balaban J connectivity index is 1.70. The van der Waals surface area contributed by atoms with Crippen LogP contribution in [0.2, 0.25) is 0 Å². The molecule has 0 bridgehead atoms. The molecule has 0 spiro atoms. The second-order valence-corrected chi connectivity index (χ2v) is 7.17. The van der Waals surface area contributed by atoms with Crippen LogP contribution in [0.3, 0.4) is 0 Å². The van der Waals surface area contributed by atoms with Crippen LogP contribution in [0, 0.1) is 25.5 Å². The predicted octanol–water partition coefficient (Wildman–Crippen LogP) is 4.56. The Morgan fingerprint density at radius 1 is 1.11 bits per heavy atom. The molecule has 3 aromatic rings. The SMILES string of the molecule is Cc1cc2oc(=O)cc(CSCC(=O)Nc3cc(F)ccc3F)c2cc1C. The number of amides is 1. The van der Waals surface area contributed by atoms with Gasteiger partial charge < -0.3 is 9.73 Å². The number of halogens is 2. The molecule has 0 aliphatic carbocycles. The number of rotatable bonds is 5. The molecule has 0 radical (unpaired) electrons. The molecule has 0 aliphatic rings. The van der Waals surface area contributed by atoms with Gasteiger partial charge in [-0.1, -0.05) is 0 Å². The van der Waals surface area contributed by atoms with E-state index in [0.717, 1.165) is 40.3 Å². The largest absolute Gasteiger partial charge is 0.423 e. The maximum atomic E-state index is 13.6. The second-order valence-electron chi connectivity index (χ2n) is 6.19. The van der Waals surface area contributed by atoms with Crippen molar-refractivity contribution < 1.29 is 18.0 Å². The number of benzene rings is 2. The molecule has 1 amide bonds. The lowest BCUT2D eigenvalue weighted by atomic mass is 10.0.